The van der Waals surface area contributed by atoms with E-state index >= 15 is 0 Å². The number of hydrogen-bond donors (Lipinski definition) is 1. The molecule has 2 saturated heterocycles. The summed E-state index contributed by atoms with van der Waals surface area (Å²) in [5.74, 6) is 0.527. The van der Waals surface area contributed by atoms with Crippen molar-refractivity contribution in [1.29, 1.82) is 0 Å². The highest BCUT2D eigenvalue weighted by Gasteiger charge is 2.47. The van der Waals surface area contributed by atoms with Gasteiger partial charge in [0.2, 0.25) is 0 Å². The molecular formula is C19H25N3O4S. The van der Waals surface area contributed by atoms with Crippen LogP contribution in [-0.2, 0) is 9.53 Å². The first kappa shape index (κ1) is 19.5. The highest BCUT2D eigenvalue weighted by Crippen LogP contribution is 2.44. The van der Waals surface area contributed by atoms with Crippen molar-refractivity contribution in [1.82, 2.24) is 15.1 Å². The molecule has 2 heterocycles. The normalized spacial score (nSPS) is 18.4. The van der Waals surface area contributed by atoms with Crippen molar-refractivity contribution < 1.29 is 19.1 Å². The largest absolute Gasteiger partial charge is 0.465 e. The second kappa shape index (κ2) is 8.65. The van der Waals surface area contributed by atoms with Crippen LogP contribution in [0.4, 0.5) is 4.79 Å². The summed E-state index contributed by atoms with van der Waals surface area (Å²) in [5, 5.41) is 2.60. The molecule has 146 valence electrons. The lowest BCUT2D eigenvalue weighted by molar-refractivity contribution is -0.141. The minimum Gasteiger partial charge on any atom is -0.465 e. The van der Waals surface area contributed by atoms with Gasteiger partial charge in [-0.1, -0.05) is 18.2 Å². The minimum absolute atomic E-state index is 0.0563. The number of carbonyl (C=O) groups is 3. The first-order chi connectivity index (χ1) is 13.1. The van der Waals surface area contributed by atoms with Crippen LogP contribution in [0.1, 0.15) is 30.1 Å². The van der Waals surface area contributed by atoms with Gasteiger partial charge in [0, 0.05) is 31.0 Å². The van der Waals surface area contributed by atoms with Gasteiger partial charge >= 0.3 is 12.0 Å². The molecule has 1 N–H and O–H groups in total. The summed E-state index contributed by atoms with van der Waals surface area (Å²) < 4.78 is 4.82. The second-order valence-corrected chi connectivity index (χ2v) is 8.03. The Labute approximate surface area is 163 Å². The lowest BCUT2D eigenvalue weighted by Crippen LogP contribution is -2.55. The van der Waals surface area contributed by atoms with E-state index in [4.69, 9.17) is 4.74 Å². The number of esters is 1. The number of piperidine rings is 1. The van der Waals surface area contributed by atoms with Gasteiger partial charge in [-0.25, -0.2) is 4.79 Å². The summed E-state index contributed by atoms with van der Waals surface area (Å²) in [5.41, 5.74) is 0.703. The first-order valence-electron chi connectivity index (χ1n) is 9.25. The topological polar surface area (TPSA) is 79.0 Å². The van der Waals surface area contributed by atoms with Crippen LogP contribution in [0.25, 0.3) is 0 Å². The fraction of sp³-hybridized carbons (Fsp3) is 0.526. The van der Waals surface area contributed by atoms with Crippen LogP contribution in [0.5, 0.6) is 0 Å². The summed E-state index contributed by atoms with van der Waals surface area (Å²) in [7, 11) is 0. The third-order valence-electron chi connectivity index (χ3n) is 4.96. The van der Waals surface area contributed by atoms with E-state index in [0.29, 0.717) is 25.3 Å². The number of thioether (sulfide) groups is 1. The Morgan fingerprint density at radius 3 is 2.52 bits per heavy atom. The average Bonchev–Trinajstić information content (AvgIpc) is 3.10. The molecule has 1 aromatic carbocycles. The lowest BCUT2D eigenvalue weighted by atomic mass is 10.0. The predicted molar refractivity (Wildman–Crippen MR) is 104 cm³/mol. The van der Waals surface area contributed by atoms with E-state index in [2.05, 4.69) is 5.32 Å². The second-order valence-electron chi connectivity index (χ2n) is 6.57. The van der Waals surface area contributed by atoms with Crippen molar-refractivity contribution in [3.63, 3.8) is 0 Å². The molecule has 8 heteroatoms. The number of amides is 3. The molecule has 2 aliphatic rings. The predicted octanol–water partition coefficient (Wildman–Crippen LogP) is 1.94. The SMILES string of the molecule is CCOC(=O)CNC(=O)N1CCC2(CC1)SCCN2C(=O)c1ccccc1. The highest BCUT2D eigenvalue weighted by atomic mass is 32.2. The molecule has 27 heavy (non-hydrogen) atoms. The molecule has 3 amide bonds. The quantitative estimate of drug-likeness (QED) is 0.794. The molecule has 0 aromatic heterocycles. The maximum atomic E-state index is 12.9. The van der Waals surface area contributed by atoms with Crippen molar-refractivity contribution in [3.8, 4) is 0 Å². The molecular weight excluding hydrogens is 366 g/mol. The molecule has 3 rings (SSSR count). The van der Waals surface area contributed by atoms with Gasteiger partial charge in [0.05, 0.1) is 11.5 Å². The highest BCUT2D eigenvalue weighted by molar-refractivity contribution is 8.00. The van der Waals surface area contributed by atoms with E-state index in [1.54, 1.807) is 11.8 Å². The summed E-state index contributed by atoms with van der Waals surface area (Å²) in [6.45, 7) is 3.74. The molecule has 0 radical (unpaired) electrons. The number of nitrogens with zero attached hydrogens (tertiary/aromatic N) is 2. The van der Waals surface area contributed by atoms with E-state index in [1.807, 2.05) is 47.0 Å². The van der Waals surface area contributed by atoms with Crippen LogP contribution in [-0.4, -0.2) is 71.1 Å². The smallest absolute Gasteiger partial charge is 0.325 e. The third-order valence-corrected chi connectivity index (χ3v) is 6.52. The van der Waals surface area contributed by atoms with Gasteiger partial charge < -0.3 is 19.9 Å². The molecule has 2 fully saturated rings. The van der Waals surface area contributed by atoms with Crippen molar-refractivity contribution in [3.05, 3.63) is 35.9 Å². The Hall–Kier alpha value is -2.22. The maximum Gasteiger partial charge on any atom is 0.325 e. The summed E-state index contributed by atoms with van der Waals surface area (Å²) >= 11 is 1.81. The van der Waals surface area contributed by atoms with Gasteiger partial charge in [-0.05, 0) is 31.9 Å². The van der Waals surface area contributed by atoms with Gasteiger partial charge in [0.1, 0.15) is 6.54 Å². The van der Waals surface area contributed by atoms with Gasteiger partial charge in [0.15, 0.2) is 0 Å². The van der Waals surface area contributed by atoms with Crippen LogP contribution in [0, 0.1) is 0 Å². The van der Waals surface area contributed by atoms with Gasteiger partial charge in [-0.2, -0.15) is 0 Å². The van der Waals surface area contributed by atoms with Crippen LogP contribution in [0.15, 0.2) is 30.3 Å². The monoisotopic (exact) mass is 391 g/mol. The number of likely N-dealkylation sites (tertiary alicyclic amines) is 1. The molecule has 2 aliphatic heterocycles. The zero-order valence-electron chi connectivity index (χ0n) is 15.5. The summed E-state index contributed by atoms with van der Waals surface area (Å²) in [4.78, 5) is 40.0. The summed E-state index contributed by atoms with van der Waals surface area (Å²) in [6, 6.07) is 9.08. The molecule has 0 saturated carbocycles. The van der Waals surface area contributed by atoms with Gasteiger partial charge in [-0.3, -0.25) is 9.59 Å². The fourth-order valence-electron chi connectivity index (χ4n) is 3.58. The number of urea groups is 1. The Bertz CT molecular complexity index is 689. The van der Waals surface area contributed by atoms with Gasteiger partial charge in [0.25, 0.3) is 5.91 Å². The third kappa shape index (κ3) is 4.37. The van der Waals surface area contributed by atoms with E-state index < -0.39 is 5.97 Å². The minimum atomic E-state index is -0.440. The molecule has 0 atom stereocenters. The Morgan fingerprint density at radius 2 is 1.85 bits per heavy atom. The summed E-state index contributed by atoms with van der Waals surface area (Å²) in [6.07, 6.45) is 1.45. The number of rotatable bonds is 4. The first-order valence-corrected chi connectivity index (χ1v) is 10.2. The van der Waals surface area contributed by atoms with E-state index in [0.717, 1.165) is 25.1 Å². The molecule has 7 nitrogen and oxygen atoms in total. The molecule has 0 bridgehead atoms. The standard InChI is InChI=1S/C19H25N3O4S/c1-2-26-16(23)14-20-18(25)21-10-8-19(9-11-21)22(12-13-27-19)17(24)15-6-4-3-5-7-15/h3-7H,2,8-14H2,1H3,(H,20,25). The molecule has 1 aromatic rings. The van der Waals surface area contributed by atoms with Crippen LogP contribution in [0.3, 0.4) is 0 Å². The molecule has 0 unspecified atom stereocenters. The van der Waals surface area contributed by atoms with Crippen LogP contribution >= 0.6 is 11.8 Å². The molecule has 0 aliphatic carbocycles. The van der Waals surface area contributed by atoms with Gasteiger partial charge in [-0.15, -0.1) is 11.8 Å². The zero-order valence-corrected chi connectivity index (χ0v) is 16.3. The molecule has 1 spiro atoms. The van der Waals surface area contributed by atoms with Crippen molar-refractivity contribution >= 4 is 29.7 Å². The number of hydrogen-bond acceptors (Lipinski definition) is 5. The lowest BCUT2D eigenvalue weighted by Gasteiger charge is -2.44. The number of carbonyl (C=O) groups excluding carboxylic acids is 3. The van der Waals surface area contributed by atoms with Crippen molar-refractivity contribution in [2.24, 2.45) is 0 Å². The van der Waals surface area contributed by atoms with E-state index in [9.17, 15) is 14.4 Å². The fourth-order valence-corrected chi connectivity index (χ4v) is 5.03. The van der Waals surface area contributed by atoms with E-state index in [-0.39, 0.29) is 23.4 Å². The number of ether oxygens (including phenoxy) is 1. The number of nitrogens with one attached hydrogen (secondary N) is 1. The average molecular weight is 391 g/mol. The van der Waals surface area contributed by atoms with Crippen molar-refractivity contribution in [2.45, 2.75) is 24.6 Å². The Kier molecular flexibility index (Phi) is 6.26. The maximum absolute atomic E-state index is 12.9. The van der Waals surface area contributed by atoms with E-state index in [1.165, 1.54) is 0 Å². The van der Waals surface area contributed by atoms with Crippen LogP contribution < -0.4 is 5.32 Å². The van der Waals surface area contributed by atoms with Crippen molar-refractivity contribution in [2.75, 3.05) is 38.5 Å². The Balaban J connectivity index is 1.57. The van der Waals surface area contributed by atoms with Crippen LogP contribution in [0.2, 0.25) is 0 Å². The number of benzene rings is 1. The zero-order chi connectivity index (χ0) is 19.3. The Morgan fingerprint density at radius 1 is 1.15 bits per heavy atom.